The second kappa shape index (κ2) is 11.4. The zero-order chi connectivity index (χ0) is 28.3. The van der Waals surface area contributed by atoms with E-state index in [9.17, 15) is 22.8 Å². The van der Waals surface area contributed by atoms with E-state index in [1.54, 1.807) is 43.5 Å². The molecule has 0 saturated carbocycles. The number of aromatic nitrogens is 1. The summed E-state index contributed by atoms with van der Waals surface area (Å²) in [6.45, 7) is 1.49. The fourth-order valence-electron chi connectivity index (χ4n) is 4.83. The van der Waals surface area contributed by atoms with Gasteiger partial charge in [-0.25, -0.2) is 8.42 Å². The molecule has 1 atom stereocenters. The molecule has 4 bridgehead atoms. The molecule has 0 aliphatic carbocycles. The zero-order valence-electron chi connectivity index (χ0n) is 22.0. The van der Waals surface area contributed by atoms with Gasteiger partial charge in [-0.3, -0.25) is 14.4 Å². The van der Waals surface area contributed by atoms with Gasteiger partial charge in [0.15, 0.2) is 9.84 Å². The summed E-state index contributed by atoms with van der Waals surface area (Å²) < 4.78 is 25.6. The van der Waals surface area contributed by atoms with Crippen LogP contribution >= 0.6 is 0 Å². The van der Waals surface area contributed by atoms with Crippen LogP contribution in [-0.4, -0.2) is 31.0 Å². The summed E-state index contributed by atoms with van der Waals surface area (Å²) >= 11 is 0. The first kappa shape index (κ1) is 27.1. The third-order valence-electron chi connectivity index (χ3n) is 7.04. The van der Waals surface area contributed by atoms with Crippen molar-refractivity contribution in [2.75, 3.05) is 16.4 Å². The van der Waals surface area contributed by atoms with Gasteiger partial charge in [-0.1, -0.05) is 37.3 Å². The second-order valence-corrected chi connectivity index (χ2v) is 12.0. The summed E-state index contributed by atoms with van der Waals surface area (Å²) in [5.74, 6) is -0.642. The van der Waals surface area contributed by atoms with Crippen molar-refractivity contribution in [1.29, 1.82) is 0 Å². The fourth-order valence-corrected chi connectivity index (χ4v) is 5.95. The molecule has 0 saturated heterocycles. The van der Waals surface area contributed by atoms with Gasteiger partial charge >= 0.3 is 0 Å². The van der Waals surface area contributed by atoms with Crippen LogP contribution in [0.1, 0.15) is 42.5 Å². The molecule has 6 rings (SSSR count). The first-order chi connectivity index (χ1) is 19.2. The first-order valence-corrected chi connectivity index (χ1v) is 14.8. The molecule has 4 N–H and O–H groups in total. The smallest absolute Gasteiger partial charge is 0.255 e. The summed E-state index contributed by atoms with van der Waals surface area (Å²) in [6, 6.07) is 18.5. The molecule has 4 aromatic rings. The van der Waals surface area contributed by atoms with Gasteiger partial charge in [-0.05, 0) is 71.3 Å². The van der Waals surface area contributed by atoms with Crippen LogP contribution in [0, 0.1) is 0 Å². The maximum atomic E-state index is 13.7. The lowest BCUT2D eigenvalue weighted by Crippen LogP contribution is -2.33. The number of nitrogens with one attached hydrogen (secondary N) is 4. The summed E-state index contributed by atoms with van der Waals surface area (Å²) in [4.78, 5) is 41.3. The monoisotopic (exact) mass is 558 g/mol. The standard InChI is InChI=1S/C30H30N4O5S/c1-2-40(38,39)26-13-12-23-16-22(26)18-32-30(37)28(21-8-6-19(7-9-21)4-3-5-27(35)33-23)34-24-11-10-20-14-15-31-29(36)25(20)17-24/h6-17,28,34H,2-5,18H2,1H3,(H,31,36)(H,32,37)(H,33,35)/t28-/m1/s1. The van der Waals surface area contributed by atoms with E-state index >= 15 is 0 Å². The van der Waals surface area contributed by atoms with Crippen molar-refractivity contribution < 1.29 is 18.0 Å². The summed E-state index contributed by atoms with van der Waals surface area (Å²) in [7, 11) is -3.58. The largest absolute Gasteiger partial charge is 0.370 e. The van der Waals surface area contributed by atoms with Crippen molar-refractivity contribution >= 4 is 43.8 Å². The molecule has 9 nitrogen and oxygen atoms in total. The number of aryl methyl sites for hydroxylation is 1. The highest BCUT2D eigenvalue weighted by Crippen LogP contribution is 2.26. The van der Waals surface area contributed by atoms with E-state index in [0.717, 1.165) is 10.9 Å². The average molecular weight is 559 g/mol. The highest BCUT2D eigenvalue weighted by atomic mass is 32.2. The molecule has 2 aliphatic heterocycles. The quantitative estimate of drug-likeness (QED) is 0.298. The third kappa shape index (κ3) is 5.91. The van der Waals surface area contributed by atoms with Crippen LogP contribution in [0.4, 0.5) is 11.4 Å². The van der Waals surface area contributed by atoms with E-state index in [1.165, 1.54) is 6.07 Å². The fraction of sp³-hybridized carbons (Fsp3) is 0.233. The molecular weight excluding hydrogens is 528 g/mol. The number of fused-ring (bicyclic) bond motifs is 10. The van der Waals surface area contributed by atoms with Crippen LogP contribution < -0.4 is 21.5 Å². The number of H-pyrrole nitrogens is 1. The number of carbonyl (C=O) groups is 2. The Kier molecular flexibility index (Phi) is 7.70. The number of hydrogen-bond donors (Lipinski definition) is 4. The normalized spacial score (nSPS) is 16.4. The average Bonchev–Trinajstić information content (AvgIpc) is 2.95. The third-order valence-corrected chi connectivity index (χ3v) is 8.87. The van der Waals surface area contributed by atoms with Gasteiger partial charge in [0, 0.05) is 35.9 Å². The molecule has 2 aliphatic rings. The molecule has 206 valence electrons. The van der Waals surface area contributed by atoms with Gasteiger partial charge in [0.2, 0.25) is 11.8 Å². The Hall–Kier alpha value is -4.44. The lowest BCUT2D eigenvalue weighted by atomic mass is 10.0. The van der Waals surface area contributed by atoms with Crippen molar-refractivity contribution in [3.05, 3.63) is 100.0 Å². The van der Waals surface area contributed by atoms with E-state index < -0.39 is 15.9 Å². The highest BCUT2D eigenvalue weighted by Gasteiger charge is 2.23. The lowest BCUT2D eigenvalue weighted by Gasteiger charge is -2.21. The number of amides is 2. The van der Waals surface area contributed by atoms with Crippen molar-refractivity contribution in [2.45, 2.75) is 43.7 Å². The molecule has 3 heterocycles. The molecule has 10 heteroatoms. The number of pyridine rings is 1. The summed E-state index contributed by atoms with van der Waals surface area (Å²) in [6.07, 6.45) is 3.22. The highest BCUT2D eigenvalue weighted by molar-refractivity contribution is 7.91. The number of rotatable bonds is 4. The van der Waals surface area contributed by atoms with Crippen LogP contribution in [0.25, 0.3) is 10.8 Å². The van der Waals surface area contributed by atoms with E-state index in [1.807, 2.05) is 30.3 Å². The number of carbonyl (C=O) groups excluding carboxylic acids is 2. The zero-order valence-corrected chi connectivity index (χ0v) is 22.8. The van der Waals surface area contributed by atoms with Gasteiger partial charge in [-0.2, -0.15) is 0 Å². The van der Waals surface area contributed by atoms with Gasteiger partial charge in [0.25, 0.3) is 5.56 Å². The number of hydrogen-bond acceptors (Lipinski definition) is 6. The minimum atomic E-state index is -3.58. The number of aromatic amines is 1. The lowest BCUT2D eigenvalue weighted by molar-refractivity contribution is -0.122. The molecule has 1 aromatic heterocycles. The molecule has 0 unspecified atom stereocenters. The Morgan fingerprint density at radius 2 is 1.73 bits per heavy atom. The van der Waals surface area contributed by atoms with Crippen LogP contribution in [0.15, 0.2) is 82.6 Å². The minimum absolute atomic E-state index is 0.0647. The van der Waals surface area contributed by atoms with Gasteiger partial charge < -0.3 is 20.9 Å². The molecular formula is C30H30N4O5S. The molecule has 40 heavy (non-hydrogen) atoms. The van der Waals surface area contributed by atoms with Gasteiger partial charge in [0.05, 0.1) is 10.6 Å². The van der Waals surface area contributed by atoms with E-state index in [0.29, 0.717) is 47.2 Å². The van der Waals surface area contributed by atoms with Crippen molar-refractivity contribution in [3.8, 4) is 0 Å². The van der Waals surface area contributed by atoms with Crippen LogP contribution in [0.2, 0.25) is 0 Å². The van der Waals surface area contributed by atoms with Crippen LogP contribution in [0.3, 0.4) is 0 Å². The molecule has 3 aromatic carbocycles. The topological polar surface area (TPSA) is 137 Å². The van der Waals surface area contributed by atoms with E-state index in [2.05, 4.69) is 20.9 Å². The maximum Gasteiger partial charge on any atom is 0.255 e. The molecule has 2 amide bonds. The van der Waals surface area contributed by atoms with Crippen molar-refractivity contribution in [2.24, 2.45) is 0 Å². The Labute approximate surface area is 231 Å². The van der Waals surface area contributed by atoms with Gasteiger partial charge in [-0.15, -0.1) is 0 Å². The molecule has 0 spiro atoms. The van der Waals surface area contributed by atoms with Crippen molar-refractivity contribution in [3.63, 3.8) is 0 Å². The Morgan fingerprint density at radius 3 is 2.50 bits per heavy atom. The van der Waals surface area contributed by atoms with E-state index in [-0.39, 0.29) is 34.6 Å². The molecule has 0 fully saturated rings. The minimum Gasteiger partial charge on any atom is -0.370 e. The Morgan fingerprint density at radius 1 is 0.925 bits per heavy atom. The predicted molar refractivity (Wildman–Crippen MR) is 155 cm³/mol. The maximum absolute atomic E-state index is 13.7. The SMILES string of the molecule is CCS(=O)(=O)c1ccc2cc1CNC(=O)[C@H](Nc1ccc3cc[nH]c(=O)c3c1)c1ccc(cc1)CCCC(=O)N2. The number of sulfone groups is 1. The van der Waals surface area contributed by atoms with Gasteiger partial charge in [0.1, 0.15) is 6.04 Å². The molecule has 0 radical (unpaired) electrons. The summed E-state index contributed by atoms with van der Waals surface area (Å²) in [5.41, 5.74) is 2.94. The Balaban J connectivity index is 1.52. The summed E-state index contributed by atoms with van der Waals surface area (Å²) in [5, 5.41) is 10.2. The second-order valence-electron chi connectivity index (χ2n) is 9.77. The van der Waals surface area contributed by atoms with Crippen LogP contribution in [0.5, 0.6) is 0 Å². The van der Waals surface area contributed by atoms with Crippen molar-refractivity contribution in [1.82, 2.24) is 10.3 Å². The number of anilines is 2. The Bertz CT molecular complexity index is 1750. The predicted octanol–water partition coefficient (Wildman–Crippen LogP) is 4.07. The van der Waals surface area contributed by atoms with E-state index in [4.69, 9.17) is 0 Å². The number of benzene rings is 3. The van der Waals surface area contributed by atoms with Crippen LogP contribution in [-0.2, 0) is 32.4 Å². The first-order valence-electron chi connectivity index (χ1n) is 13.1.